The van der Waals surface area contributed by atoms with Crippen LogP contribution in [0.1, 0.15) is 36.5 Å². The number of fused-ring (bicyclic) bond motifs is 1. The van der Waals surface area contributed by atoms with Crippen LogP contribution in [0.3, 0.4) is 0 Å². The molecule has 0 aromatic heterocycles. The highest BCUT2D eigenvalue weighted by atomic mass is 19.1. The van der Waals surface area contributed by atoms with E-state index in [-0.39, 0.29) is 29.7 Å². The molecule has 2 aliphatic rings. The van der Waals surface area contributed by atoms with Crippen LogP contribution in [0.2, 0.25) is 0 Å². The van der Waals surface area contributed by atoms with Crippen molar-refractivity contribution in [2.45, 2.75) is 44.3 Å². The molecule has 1 amide bonds. The summed E-state index contributed by atoms with van der Waals surface area (Å²) in [4.78, 5) is 28.8. The fourth-order valence-electron chi connectivity index (χ4n) is 4.70. The standard InChI is InChI=1S/C23H25FN2O2/c1-23(19-6-3-2-4-7-19)10-5-11-25(21(23)16-27)15-22(28)26-13-17-8-9-20(24)12-18(17)14-26/h2-4,6-9,12,16,21H,5,10-11,13-15H2,1H3. The quantitative estimate of drug-likeness (QED) is 0.765. The van der Waals surface area contributed by atoms with Crippen LogP contribution >= 0.6 is 0 Å². The van der Waals surface area contributed by atoms with E-state index in [0.717, 1.165) is 42.4 Å². The molecular formula is C23H25FN2O2. The maximum Gasteiger partial charge on any atom is 0.237 e. The van der Waals surface area contributed by atoms with Gasteiger partial charge in [0.15, 0.2) is 0 Å². The molecule has 0 spiro atoms. The Labute approximate surface area is 164 Å². The summed E-state index contributed by atoms with van der Waals surface area (Å²) < 4.78 is 13.5. The second-order valence-electron chi connectivity index (χ2n) is 8.10. The zero-order valence-corrected chi connectivity index (χ0v) is 16.1. The van der Waals surface area contributed by atoms with Crippen LogP contribution in [0, 0.1) is 5.82 Å². The van der Waals surface area contributed by atoms with Gasteiger partial charge in [0.25, 0.3) is 0 Å². The maximum atomic E-state index is 13.5. The van der Waals surface area contributed by atoms with E-state index in [1.807, 2.05) is 23.1 Å². The monoisotopic (exact) mass is 380 g/mol. The van der Waals surface area contributed by atoms with E-state index in [1.165, 1.54) is 12.1 Å². The van der Waals surface area contributed by atoms with Gasteiger partial charge in [-0.3, -0.25) is 9.69 Å². The van der Waals surface area contributed by atoms with Crippen molar-refractivity contribution in [3.63, 3.8) is 0 Å². The minimum atomic E-state index is -0.338. The summed E-state index contributed by atoms with van der Waals surface area (Å²) >= 11 is 0. The van der Waals surface area contributed by atoms with Gasteiger partial charge in [-0.2, -0.15) is 0 Å². The molecule has 4 rings (SSSR count). The van der Waals surface area contributed by atoms with E-state index in [4.69, 9.17) is 0 Å². The largest absolute Gasteiger partial charge is 0.333 e. The van der Waals surface area contributed by atoms with Gasteiger partial charge in [0.2, 0.25) is 5.91 Å². The van der Waals surface area contributed by atoms with Crippen molar-refractivity contribution >= 4 is 12.2 Å². The van der Waals surface area contributed by atoms with Gasteiger partial charge in [-0.15, -0.1) is 0 Å². The van der Waals surface area contributed by atoms with E-state index in [9.17, 15) is 14.0 Å². The summed E-state index contributed by atoms with van der Waals surface area (Å²) in [6.07, 6.45) is 2.85. The zero-order chi connectivity index (χ0) is 19.7. The topological polar surface area (TPSA) is 40.6 Å². The average Bonchev–Trinajstić information content (AvgIpc) is 3.12. The minimum absolute atomic E-state index is 0.0132. The SMILES string of the molecule is CC1(c2ccccc2)CCCN(CC(=O)N2Cc3ccc(F)cc3C2)C1C=O. The molecule has 0 radical (unpaired) electrons. The first-order chi connectivity index (χ1) is 13.5. The van der Waals surface area contributed by atoms with E-state index in [0.29, 0.717) is 13.1 Å². The number of hydrogen-bond acceptors (Lipinski definition) is 3. The van der Waals surface area contributed by atoms with Crippen LogP contribution in [0.5, 0.6) is 0 Å². The van der Waals surface area contributed by atoms with E-state index in [1.54, 1.807) is 11.0 Å². The van der Waals surface area contributed by atoms with Gasteiger partial charge in [-0.05, 0) is 48.2 Å². The number of carbonyl (C=O) groups is 2. The number of likely N-dealkylation sites (tertiary alicyclic amines) is 1. The molecule has 4 nitrogen and oxygen atoms in total. The third-order valence-corrected chi connectivity index (χ3v) is 6.33. The Kier molecular flexibility index (Phi) is 5.02. The number of amides is 1. The third-order valence-electron chi connectivity index (χ3n) is 6.33. The normalized spacial score (nSPS) is 24.8. The molecule has 2 aromatic rings. The molecular weight excluding hydrogens is 355 g/mol. The highest BCUT2D eigenvalue weighted by Crippen LogP contribution is 2.38. The van der Waals surface area contributed by atoms with Gasteiger partial charge < -0.3 is 9.69 Å². The summed E-state index contributed by atoms with van der Waals surface area (Å²) in [5.74, 6) is -0.288. The number of nitrogens with zero attached hydrogens (tertiary/aromatic N) is 2. The van der Waals surface area contributed by atoms with Gasteiger partial charge >= 0.3 is 0 Å². The van der Waals surface area contributed by atoms with Crippen LogP contribution < -0.4 is 0 Å². The Bertz CT molecular complexity index is 885. The Morgan fingerprint density at radius 1 is 1.18 bits per heavy atom. The lowest BCUT2D eigenvalue weighted by atomic mass is 9.70. The van der Waals surface area contributed by atoms with Crippen LogP contribution in [-0.4, -0.2) is 41.1 Å². The maximum absolute atomic E-state index is 13.5. The predicted molar refractivity (Wildman–Crippen MR) is 105 cm³/mol. The number of aldehydes is 1. The molecule has 2 atom stereocenters. The number of hydrogen-bond donors (Lipinski definition) is 0. The molecule has 1 fully saturated rings. The highest BCUT2D eigenvalue weighted by Gasteiger charge is 2.43. The van der Waals surface area contributed by atoms with Crippen molar-refractivity contribution in [3.05, 3.63) is 71.0 Å². The van der Waals surface area contributed by atoms with Gasteiger partial charge in [0.1, 0.15) is 12.1 Å². The summed E-state index contributed by atoms with van der Waals surface area (Å²) in [5.41, 5.74) is 2.69. The second-order valence-corrected chi connectivity index (χ2v) is 8.10. The molecule has 0 saturated carbocycles. The van der Waals surface area contributed by atoms with Crippen molar-refractivity contribution in [2.24, 2.45) is 0 Å². The first-order valence-corrected chi connectivity index (χ1v) is 9.81. The first kappa shape index (κ1) is 18.8. The molecule has 2 unspecified atom stereocenters. The molecule has 5 heteroatoms. The van der Waals surface area contributed by atoms with Crippen molar-refractivity contribution in [1.29, 1.82) is 0 Å². The fourth-order valence-corrected chi connectivity index (χ4v) is 4.70. The van der Waals surface area contributed by atoms with Crippen LogP contribution in [0.4, 0.5) is 4.39 Å². The van der Waals surface area contributed by atoms with E-state index >= 15 is 0 Å². The number of halogens is 1. The Morgan fingerprint density at radius 2 is 1.93 bits per heavy atom. The zero-order valence-electron chi connectivity index (χ0n) is 16.1. The Balaban J connectivity index is 1.50. The number of benzene rings is 2. The molecule has 0 N–H and O–H groups in total. The van der Waals surface area contributed by atoms with Crippen molar-refractivity contribution in [1.82, 2.24) is 9.80 Å². The van der Waals surface area contributed by atoms with Gasteiger partial charge in [-0.25, -0.2) is 4.39 Å². The van der Waals surface area contributed by atoms with Gasteiger partial charge in [0, 0.05) is 18.5 Å². The molecule has 28 heavy (non-hydrogen) atoms. The van der Waals surface area contributed by atoms with Crippen LogP contribution in [-0.2, 0) is 28.1 Å². The summed E-state index contributed by atoms with van der Waals surface area (Å²) in [6, 6.07) is 14.4. The number of piperidine rings is 1. The van der Waals surface area contributed by atoms with Gasteiger partial charge in [0.05, 0.1) is 12.6 Å². The first-order valence-electron chi connectivity index (χ1n) is 9.81. The average molecular weight is 380 g/mol. The fraction of sp³-hybridized carbons (Fsp3) is 0.391. The number of carbonyl (C=O) groups excluding carboxylic acids is 2. The molecule has 146 valence electrons. The molecule has 2 aliphatic heterocycles. The van der Waals surface area contributed by atoms with Crippen molar-refractivity contribution in [2.75, 3.05) is 13.1 Å². The second kappa shape index (κ2) is 7.47. The van der Waals surface area contributed by atoms with Crippen molar-refractivity contribution < 1.29 is 14.0 Å². The molecule has 0 aliphatic carbocycles. The lowest BCUT2D eigenvalue weighted by molar-refractivity contribution is -0.135. The number of rotatable bonds is 4. The van der Waals surface area contributed by atoms with Crippen LogP contribution in [0.25, 0.3) is 0 Å². The lowest BCUT2D eigenvalue weighted by Gasteiger charge is -2.46. The minimum Gasteiger partial charge on any atom is -0.333 e. The van der Waals surface area contributed by atoms with E-state index in [2.05, 4.69) is 19.1 Å². The van der Waals surface area contributed by atoms with Crippen LogP contribution in [0.15, 0.2) is 48.5 Å². The smallest absolute Gasteiger partial charge is 0.237 e. The Morgan fingerprint density at radius 3 is 2.68 bits per heavy atom. The molecule has 2 aromatic carbocycles. The Hall–Kier alpha value is -2.53. The van der Waals surface area contributed by atoms with Crippen molar-refractivity contribution in [3.8, 4) is 0 Å². The molecule has 2 heterocycles. The third kappa shape index (κ3) is 3.35. The lowest BCUT2D eigenvalue weighted by Crippen LogP contribution is -2.56. The molecule has 1 saturated heterocycles. The summed E-state index contributed by atoms with van der Waals surface area (Å²) in [7, 11) is 0. The van der Waals surface area contributed by atoms with Gasteiger partial charge in [-0.1, -0.05) is 43.3 Å². The van der Waals surface area contributed by atoms with E-state index < -0.39 is 0 Å². The summed E-state index contributed by atoms with van der Waals surface area (Å²) in [5, 5.41) is 0. The highest BCUT2D eigenvalue weighted by molar-refractivity contribution is 5.79. The summed E-state index contributed by atoms with van der Waals surface area (Å²) in [6.45, 7) is 3.99. The molecule has 0 bridgehead atoms. The predicted octanol–water partition coefficient (Wildman–Crippen LogP) is 3.29.